The molecule has 0 aliphatic rings. The van der Waals surface area contributed by atoms with Gasteiger partial charge in [0.2, 0.25) is 0 Å². The molecule has 0 atom stereocenters. The predicted octanol–water partition coefficient (Wildman–Crippen LogP) is 3.14. The van der Waals surface area contributed by atoms with Crippen LogP contribution in [0.5, 0.6) is 0 Å². The summed E-state index contributed by atoms with van der Waals surface area (Å²) >= 11 is 0. The van der Waals surface area contributed by atoms with Gasteiger partial charge in [-0.3, -0.25) is 0 Å². The van der Waals surface area contributed by atoms with E-state index in [2.05, 4.69) is 73.6 Å². The molecule has 3 heteroatoms. The Morgan fingerprint density at radius 1 is 1.15 bits per heavy atom. The van der Waals surface area contributed by atoms with Crippen molar-refractivity contribution in [3.05, 3.63) is 59.3 Å². The van der Waals surface area contributed by atoms with E-state index in [0.29, 0.717) is 0 Å². The maximum absolute atomic E-state index is 4.69. The first-order valence-electron chi connectivity index (χ1n) is 7.12. The fraction of sp³-hybridized carbons (Fsp3) is 0.353. The van der Waals surface area contributed by atoms with Gasteiger partial charge < -0.3 is 10.2 Å². The molecule has 2 rings (SSSR count). The molecule has 1 heterocycles. The second-order valence-corrected chi connectivity index (χ2v) is 5.11. The Morgan fingerprint density at radius 3 is 2.70 bits per heavy atom. The first-order valence-corrected chi connectivity index (χ1v) is 7.12. The molecule has 20 heavy (non-hydrogen) atoms. The Kier molecular flexibility index (Phi) is 5.13. The lowest BCUT2D eigenvalue weighted by molar-refractivity contribution is 0.708. The molecule has 0 unspecified atom stereocenters. The Hall–Kier alpha value is -1.87. The van der Waals surface area contributed by atoms with E-state index < -0.39 is 0 Å². The molecule has 0 saturated carbocycles. The molecular formula is C17H23N3. The summed E-state index contributed by atoms with van der Waals surface area (Å²) in [5.41, 5.74) is 3.69. The van der Waals surface area contributed by atoms with Crippen LogP contribution in [0.2, 0.25) is 0 Å². The normalized spacial score (nSPS) is 10.6. The number of benzene rings is 1. The molecular weight excluding hydrogens is 246 g/mol. The van der Waals surface area contributed by atoms with Crippen molar-refractivity contribution in [2.75, 3.05) is 18.5 Å². The van der Waals surface area contributed by atoms with Crippen LogP contribution in [0.25, 0.3) is 0 Å². The molecule has 0 amide bonds. The summed E-state index contributed by atoms with van der Waals surface area (Å²) in [7, 11) is 2.09. The van der Waals surface area contributed by atoms with Gasteiger partial charge in [0, 0.05) is 20.1 Å². The van der Waals surface area contributed by atoms with Gasteiger partial charge in [-0.1, -0.05) is 42.8 Å². The van der Waals surface area contributed by atoms with E-state index in [1.54, 1.807) is 0 Å². The zero-order valence-electron chi connectivity index (χ0n) is 12.6. The molecule has 0 spiro atoms. The third kappa shape index (κ3) is 4.07. The fourth-order valence-corrected chi connectivity index (χ4v) is 2.20. The molecule has 3 nitrogen and oxygen atoms in total. The molecule has 0 bridgehead atoms. The third-order valence-corrected chi connectivity index (χ3v) is 3.24. The van der Waals surface area contributed by atoms with E-state index in [4.69, 9.17) is 4.98 Å². The minimum atomic E-state index is 0.822. The van der Waals surface area contributed by atoms with Crippen molar-refractivity contribution in [3.8, 4) is 0 Å². The van der Waals surface area contributed by atoms with E-state index in [0.717, 1.165) is 31.1 Å². The average molecular weight is 269 g/mol. The Bertz CT molecular complexity index is 551. The van der Waals surface area contributed by atoms with Crippen LogP contribution in [0.3, 0.4) is 0 Å². The number of nitrogens with zero attached hydrogens (tertiary/aromatic N) is 2. The first kappa shape index (κ1) is 14.5. The zero-order valence-corrected chi connectivity index (χ0v) is 12.6. The Labute approximate surface area is 121 Å². The van der Waals surface area contributed by atoms with Gasteiger partial charge in [-0.25, -0.2) is 4.98 Å². The van der Waals surface area contributed by atoms with Crippen molar-refractivity contribution >= 4 is 5.82 Å². The van der Waals surface area contributed by atoms with E-state index in [1.165, 1.54) is 11.1 Å². The van der Waals surface area contributed by atoms with E-state index in [9.17, 15) is 0 Å². The average Bonchev–Trinajstić information content (AvgIpc) is 2.45. The fourth-order valence-electron chi connectivity index (χ4n) is 2.20. The van der Waals surface area contributed by atoms with E-state index in [1.807, 2.05) is 0 Å². The van der Waals surface area contributed by atoms with Gasteiger partial charge >= 0.3 is 0 Å². The smallest absolute Gasteiger partial charge is 0.128 e. The molecule has 1 aromatic heterocycles. The van der Waals surface area contributed by atoms with E-state index in [-0.39, 0.29) is 0 Å². The molecule has 0 radical (unpaired) electrons. The summed E-state index contributed by atoms with van der Waals surface area (Å²) in [5, 5.41) is 3.31. The van der Waals surface area contributed by atoms with Gasteiger partial charge in [0.25, 0.3) is 0 Å². The largest absolute Gasteiger partial charge is 0.355 e. The summed E-state index contributed by atoms with van der Waals surface area (Å²) in [6, 6.07) is 14.8. The number of anilines is 1. The second-order valence-electron chi connectivity index (χ2n) is 5.11. The standard InChI is InChI=1S/C17H23N3/c1-4-18-12-16-9-6-10-17(19-16)20(3)13-15-8-5-7-14(2)11-15/h5-11,18H,4,12-13H2,1-3H3. The number of aromatic nitrogens is 1. The van der Waals surface area contributed by atoms with Crippen molar-refractivity contribution in [1.82, 2.24) is 10.3 Å². The van der Waals surface area contributed by atoms with Crippen molar-refractivity contribution < 1.29 is 0 Å². The minimum absolute atomic E-state index is 0.822. The van der Waals surface area contributed by atoms with Gasteiger partial charge in [0.15, 0.2) is 0 Å². The molecule has 0 fully saturated rings. The van der Waals surface area contributed by atoms with Crippen LogP contribution in [0, 0.1) is 6.92 Å². The lowest BCUT2D eigenvalue weighted by Gasteiger charge is -2.19. The van der Waals surface area contributed by atoms with Crippen LogP contribution in [0.4, 0.5) is 5.82 Å². The van der Waals surface area contributed by atoms with Crippen LogP contribution in [-0.4, -0.2) is 18.6 Å². The van der Waals surface area contributed by atoms with Crippen LogP contribution in [0.1, 0.15) is 23.7 Å². The SMILES string of the molecule is CCNCc1cccc(N(C)Cc2cccc(C)c2)n1. The van der Waals surface area contributed by atoms with Crippen molar-refractivity contribution in [3.63, 3.8) is 0 Å². The van der Waals surface area contributed by atoms with Gasteiger partial charge in [-0.15, -0.1) is 0 Å². The van der Waals surface area contributed by atoms with Crippen molar-refractivity contribution in [2.24, 2.45) is 0 Å². The van der Waals surface area contributed by atoms with Crippen molar-refractivity contribution in [2.45, 2.75) is 26.9 Å². The predicted molar refractivity (Wildman–Crippen MR) is 84.9 cm³/mol. The summed E-state index contributed by atoms with van der Waals surface area (Å²) < 4.78 is 0. The quantitative estimate of drug-likeness (QED) is 0.873. The number of hydrogen-bond acceptors (Lipinski definition) is 3. The number of rotatable bonds is 6. The Morgan fingerprint density at radius 2 is 1.95 bits per heavy atom. The van der Waals surface area contributed by atoms with Gasteiger partial charge in [-0.05, 0) is 31.2 Å². The molecule has 1 aromatic carbocycles. The maximum atomic E-state index is 4.69. The first-order chi connectivity index (χ1) is 9.69. The molecule has 106 valence electrons. The highest BCUT2D eigenvalue weighted by Crippen LogP contribution is 2.14. The number of aryl methyl sites for hydroxylation is 1. The third-order valence-electron chi connectivity index (χ3n) is 3.24. The lowest BCUT2D eigenvalue weighted by atomic mass is 10.1. The summed E-state index contributed by atoms with van der Waals surface area (Å²) in [6.45, 7) is 6.89. The monoisotopic (exact) mass is 269 g/mol. The number of hydrogen-bond donors (Lipinski definition) is 1. The van der Waals surface area contributed by atoms with Gasteiger partial charge in [0.1, 0.15) is 5.82 Å². The van der Waals surface area contributed by atoms with Crippen LogP contribution in [0.15, 0.2) is 42.5 Å². The molecule has 0 aliphatic carbocycles. The van der Waals surface area contributed by atoms with Crippen molar-refractivity contribution in [1.29, 1.82) is 0 Å². The summed E-state index contributed by atoms with van der Waals surface area (Å²) in [6.07, 6.45) is 0. The topological polar surface area (TPSA) is 28.2 Å². The summed E-state index contributed by atoms with van der Waals surface area (Å²) in [5.74, 6) is 1.02. The Balaban J connectivity index is 2.06. The van der Waals surface area contributed by atoms with Gasteiger partial charge in [-0.2, -0.15) is 0 Å². The van der Waals surface area contributed by atoms with E-state index >= 15 is 0 Å². The second kappa shape index (κ2) is 7.06. The maximum Gasteiger partial charge on any atom is 0.128 e. The van der Waals surface area contributed by atoms with Crippen LogP contribution < -0.4 is 10.2 Å². The summed E-state index contributed by atoms with van der Waals surface area (Å²) in [4.78, 5) is 6.88. The molecule has 1 N–H and O–H groups in total. The van der Waals surface area contributed by atoms with Crippen LogP contribution >= 0.6 is 0 Å². The molecule has 2 aromatic rings. The lowest BCUT2D eigenvalue weighted by Crippen LogP contribution is -2.19. The van der Waals surface area contributed by atoms with Gasteiger partial charge in [0.05, 0.1) is 5.69 Å². The minimum Gasteiger partial charge on any atom is -0.355 e. The van der Waals surface area contributed by atoms with Crippen LogP contribution in [-0.2, 0) is 13.1 Å². The molecule has 0 aliphatic heterocycles. The highest BCUT2D eigenvalue weighted by molar-refractivity contribution is 5.39. The number of pyridine rings is 1. The number of nitrogens with one attached hydrogen (secondary N) is 1. The highest BCUT2D eigenvalue weighted by Gasteiger charge is 2.04. The highest BCUT2D eigenvalue weighted by atomic mass is 15.2. The molecule has 0 saturated heterocycles. The zero-order chi connectivity index (χ0) is 14.4.